The molecule has 2 saturated carbocycles. The summed E-state index contributed by atoms with van der Waals surface area (Å²) >= 11 is 0. The van der Waals surface area contributed by atoms with E-state index in [9.17, 15) is 35.1 Å². The molecule has 5 N–H and O–H groups in total. The normalized spacial score (nSPS) is 42.2. The van der Waals surface area contributed by atoms with Gasteiger partial charge in [0.05, 0.1) is 50.3 Å². The van der Waals surface area contributed by atoms with Crippen molar-refractivity contribution < 1.29 is 49.3 Å². The smallest absolute Gasteiger partial charge is 0.312 e. The summed E-state index contributed by atoms with van der Waals surface area (Å²) in [6.45, 7) is 1.23. The number of carbonyl (C=O) groups excluding carboxylic acids is 2. The maximum absolute atomic E-state index is 12.6. The van der Waals surface area contributed by atoms with E-state index in [1.807, 2.05) is 6.92 Å². The van der Waals surface area contributed by atoms with Crippen molar-refractivity contribution in [1.82, 2.24) is 0 Å². The first-order chi connectivity index (χ1) is 13.6. The predicted molar refractivity (Wildman–Crippen MR) is 95.0 cm³/mol. The average molecular weight is 416 g/mol. The number of rotatable bonds is 6. The van der Waals surface area contributed by atoms with Gasteiger partial charge in [0.25, 0.3) is 0 Å². The maximum Gasteiger partial charge on any atom is 0.312 e. The van der Waals surface area contributed by atoms with Gasteiger partial charge in [-0.25, -0.2) is 0 Å². The van der Waals surface area contributed by atoms with E-state index in [2.05, 4.69) is 0 Å². The van der Waals surface area contributed by atoms with Crippen LogP contribution < -0.4 is 0 Å². The molecule has 29 heavy (non-hydrogen) atoms. The minimum atomic E-state index is -1.79. The molecule has 3 rings (SSSR count). The highest BCUT2D eigenvalue weighted by atomic mass is 16.6. The van der Waals surface area contributed by atoms with E-state index in [0.29, 0.717) is 12.8 Å². The summed E-state index contributed by atoms with van der Waals surface area (Å²) in [7, 11) is 2.41. The number of methoxy groups -OCH3 is 2. The summed E-state index contributed by atoms with van der Waals surface area (Å²) < 4.78 is 15.6. The molecule has 0 aromatic carbocycles. The van der Waals surface area contributed by atoms with Gasteiger partial charge in [-0.15, -0.1) is 0 Å². The summed E-state index contributed by atoms with van der Waals surface area (Å²) in [5.74, 6) is -5.22. The molecule has 0 heterocycles. The highest BCUT2D eigenvalue weighted by Crippen LogP contribution is 2.62. The number of fused-ring (bicyclic) bond motifs is 1. The van der Waals surface area contributed by atoms with Crippen molar-refractivity contribution in [2.75, 3.05) is 20.8 Å². The molecule has 0 saturated heterocycles. The minimum absolute atomic E-state index is 0.0974. The van der Waals surface area contributed by atoms with Crippen LogP contribution in [0.25, 0.3) is 0 Å². The highest BCUT2D eigenvalue weighted by molar-refractivity contribution is 5.84. The summed E-state index contributed by atoms with van der Waals surface area (Å²) in [5, 5.41) is 50.4. The second-order valence-corrected chi connectivity index (χ2v) is 8.15. The van der Waals surface area contributed by atoms with Crippen LogP contribution in [0.1, 0.15) is 19.8 Å². The molecule has 3 aliphatic carbocycles. The monoisotopic (exact) mass is 416 g/mol. The fourth-order valence-corrected chi connectivity index (χ4v) is 5.45. The van der Waals surface area contributed by atoms with Gasteiger partial charge in [0.1, 0.15) is 11.9 Å². The molecule has 10 nitrogen and oxygen atoms in total. The molecule has 0 aromatic heterocycles. The Morgan fingerprint density at radius 2 is 1.83 bits per heavy atom. The summed E-state index contributed by atoms with van der Waals surface area (Å²) in [6, 6.07) is 0. The van der Waals surface area contributed by atoms with E-state index in [1.54, 1.807) is 0 Å². The summed E-state index contributed by atoms with van der Waals surface area (Å²) in [4.78, 5) is 24.8. The molecule has 3 aliphatic rings. The van der Waals surface area contributed by atoms with Gasteiger partial charge in [-0.1, -0.05) is 6.92 Å². The maximum atomic E-state index is 12.6. The fraction of sp³-hybridized carbons (Fsp3) is 0.789. The van der Waals surface area contributed by atoms with Gasteiger partial charge in [0.15, 0.2) is 6.29 Å². The number of carbonyl (C=O) groups is 2. The largest absolute Gasteiger partial charge is 0.512 e. The lowest BCUT2D eigenvalue weighted by Crippen LogP contribution is -2.60. The third-order valence-corrected chi connectivity index (χ3v) is 6.86. The van der Waals surface area contributed by atoms with Crippen LogP contribution in [0.15, 0.2) is 11.3 Å². The molecule has 2 fully saturated rings. The zero-order valence-corrected chi connectivity index (χ0v) is 16.5. The van der Waals surface area contributed by atoms with Crippen LogP contribution in [0.4, 0.5) is 0 Å². The SMILES string of the molecule is COC(=O)C1CC2C(C)CC2(O[C@H](O)C2C(O)=C(CO)C(O)C2O)C1C(=O)OC. The van der Waals surface area contributed by atoms with Gasteiger partial charge in [-0.3, -0.25) is 9.59 Å². The van der Waals surface area contributed by atoms with Crippen LogP contribution in [0.5, 0.6) is 0 Å². The molecule has 0 bridgehead atoms. The lowest BCUT2D eigenvalue weighted by atomic mass is 9.61. The number of aliphatic hydroxyl groups excluding tert-OH is 5. The van der Waals surface area contributed by atoms with Gasteiger partial charge in [-0.05, 0) is 24.7 Å². The Bertz CT molecular complexity index is 705. The van der Waals surface area contributed by atoms with Crippen LogP contribution >= 0.6 is 0 Å². The van der Waals surface area contributed by atoms with Crippen molar-refractivity contribution in [1.29, 1.82) is 0 Å². The zero-order chi connectivity index (χ0) is 21.7. The summed E-state index contributed by atoms with van der Waals surface area (Å²) in [5.41, 5.74) is -1.44. The van der Waals surface area contributed by atoms with E-state index < -0.39 is 66.2 Å². The number of hydrogen-bond donors (Lipinski definition) is 5. The number of aliphatic hydroxyl groups is 5. The zero-order valence-electron chi connectivity index (χ0n) is 16.5. The second-order valence-electron chi connectivity index (χ2n) is 8.15. The van der Waals surface area contributed by atoms with E-state index in [1.165, 1.54) is 14.2 Å². The van der Waals surface area contributed by atoms with Crippen LogP contribution in [0.3, 0.4) is 0 Å². The molecular weight excluding hydrogens is 388 g/mol. The molecule has 0 aromatic rings. The van der Waals surface area contributed by atoms with E-state index in [4.69, 9.17) is 14.2 Å². The lowest BCUT2D eigenvalue weighted by molar-refractivity contribution is -0.282. The molecule has 0 amide bonds. The van der Waals surface area contributed by atoms with Gasteiger partial charge in [0.2, 0.25) is 0 Å². The first kappa shape index (κ1) is 22.0. The van der Waals surface area contributed by atoms with Crippen molar-refractivity contribution in [3.05, 3.63) is 11.3 Å². The molecule has 8 unspecified atom stereocenters. The molecule has 164 valence electrons. The fourth-order valence-electron chi connectivity index (χ4n) is 5.45. The molecule has 0 spiro atoms. The van der Waals surface area contributed by atoms with Gasteiger partial charge >= 0.3 is 11.9 Å². The average Bonchev–Trinajstić information content (AvgIpc) is 3.07. The number of hydrogen-bond acceptors (Lipinski definition) is 10. The lowest BCUT2D eigenvalue weighted by Gasteiger charge is -2.53. The van der Waals surface area contributed by atoms with Crippen LogP contribution in [-0.4, -0.2) is 82.4 Å². The van der Waals surface area contributed by atoms with Crippen molar-refractivity contribution in [2.24, 2.45) is 29.6 Å². The topological polar surface area (TPSA) is 163 Å². The Balaban J connectivity index is 1.92. The van der Waals surface area contributed by atoms with Gasteiger partial charge in [-0.2, -0.15) is 0 Å². The van der Waals surface area contributed by atoms with Crippen molar-refractivity contribution >= 4 is 11.9 Å². The highest BCUT2D eigenvalue weighted by Gasteiger charge is 2.70. The van der Waals surface area contributed by atoms with Crippen LogP contribution in [-0.2, 0) is 23.8 Å². The molecule has 0 radical (unpaired) electrons. The third kappa shape index (κ3) is 3.14. The molecule has 0 aliphatic heterocycles. The van der Waals surface area contributed by atoms with Crippen LogP contribution in [0.2, 0.25) is 0 Å². The first-order valence-corrected chi connectivity index (χ1v) is 9.55. The Labute approximate surface area is 167 Å². The predicted octanol–water partition coefficient (Wildman–Crippen LogP) is -1.15. The Morgan fingerprint density at radius 1 is 1.21 bits per heavy atom. The van der Waals surface area contributed by atoms with E-state index in [0.717, 1.165) is 0 Å². The quantitative estimate of drug-likeness (QED) is 0.264. The summed E-state index contributed by atoms with van der Waals surface area (Å²) in [6.07, 6.45) is -4.29. The molecular formula is C19H28O10. The van der Waals surface area contributed by atoms with E-state index >= 15 is 0 Å². The third-order valence-electron chi connectivity index (χ3n) is 6.86. The minimum Gasteiger partial charge on any atom is -0.512 e. The Morgan fingerprint density at radius 3 is 2.31 bits per heavy atom. The van der Waals surface area contributed by atoms with E-state index in [-0.39, 0.29) is 17.4 Å². The second kappa shape index (κ2) is 7.84. The number of esters is 2. The standard InChI is InChI=1S/C19H28O10/c1-7-5-19(10(7)4-8(16(24)27-2)12(19)18(26)28-3)29-17(25)11-13(21)9(6-20)14(22)15(11)23/h7-8,10-12,14-15,17,20-23,25H,4-6H2,1-3H3/t7?,8?,10?,11?,12?,14?,15?,17-,19?/m0/s1. The van der Waals surface area contributed by atoms with Gasteiger partial charge < -0.3 is 39.7 Å². The first-order valence-electron chi connectivity index (χ1n) is 9.55. The Hall–Kier alpha value is -1.72. The van der Waals surface area contributed by atoms with Gasteiger partial charge in [0, 0.05) is 5.57 Å². The van der Waals surface area contributed by atoms with Crippen LogP contribution in [0, 0.1) is 29.6 Å². The van der Waals surface area contributed by atoms with Crippen molar-refractivity contribution in [3.8, 4) is 0 Å². The number of ether oxygens (including phenoxy) is 3. The molecule has 10 heteroatoms. The van der Waals surface area contributed by atoms with Crippen molar-refractivity contribution in [3.63, 3.8) is 0 Å². The molecule has 9 atom stereocenters. The van der Waals surface area contributed by atoms with Crippen molar-refractivity contribution in [2.45, 2.75) is 43.9 Å². The Kier molecular flexibility index (Phi) is 5.94.